The Morgan fingerprint density at radius 1 is 0.621 bits per heavy atom. The van der Waals surface area contributed by atoms with Crippen molar-refractivity contribution in [1.29, 1.82) is 0 Å². The van der Waals surface area contributed by atoms with E-state index in [1.165, 1.54) is 11.1 Å². The number of allylic oxidation sites excluding steroid dienone is 8. The monoisotopic (exact) mass is 957 g/mol. The van der Waals surface area contributed by atoms with Crippen LogP contribution in [-0.4, -0.2) is 80.3 Å². The van der Waals surface area contributed by atoms with Gasteiger partial charge in [-0.3, -0.25) is 0 Å². The average Bonchev–Trinajstić information content (AvgIpc) is 3.68. The van der Waals surface area contributed by atoms with Crippen molar-refractivity contribution in [2.75, 3.05) is 13.2 Å². The molecule has 0 amide bonds. The molecular formula is C57H92O6Si3. The Morgan fingerprint density at radius 2 is 1.03 bits per heavy atom. The molecule has 10 unspecified atom stereocenters. The van der Waals surface area contributed by atoms with Crippen molar-refractivity contribution in [2.24, 2.45) is 58.2 Å². The first-order chi connectivity index (χ1) is 30.7. The summed E-state index contributed by atoms with van der Waals surface area (Å²) >= 11 is 0. The first-order valence-corrected chi connectivity index (χ1v) is 37.6. The summed E-state index contributed by atoms with van der Waals surface area (Å²) in [4.78, 5) is 0. The number of ether oxygens (including phenoxy) is 2. The third-order valence-electron chi connectivity index (χ3n) is 18.7. The summed E-state index contributed by atoms with van der Waals surface area (Å²) in [5.74, 6) is 11.5. The molecule has 0 bridgehead atoms. The Kier molecular flexibility index (Phi) is 14.5. The molecule has 0 heterocycles. The van der Waals surface area contributed by atoms with Gasteiger partial charge in [0.25, 0.3) is 0 Å². The largest absolute Gasteiger partial charge is 0.498 e. The lowest BCUT2D eigenvalue weighted by molar-refractivity contribution is -0.187. The van der Waals surface area contributed by atoms with Gasteiger partial charge in [-0.15, -0.1) is 12.0 Å². The molecule has 8 rings (SSSR count). The molecule has 0 saturated heterocycles. The highest BCUT2D eigenvalue weighted by Crippen LogP contribution is 2.71. The molecule has 368 valence electrons. The minimum absolute atomic E-state index is 0.253. The highest BCUT2D eigenvalue weighted by atomic mass is 28.3. The van der Waals surface area contributed by atoms with E-state index in [1.807, 2.05) is 6.92 Å². The van der Waals surface area contributed by atoms with Crippen LogP contribution in [0.3, 0.4) is 0 Å². The van der Waals surface area contributed by atoms with Crippen molar-refractivity contribution in [3.63, 3.8) is 0 Å². The highest BCUT2D eigenvalue weighted by Gasteiger charge is 2.71. The summed E-state index contributed by atoms with van der Waals surface area (Å²) in [5, 5.41) is 49.2. The van der Waals surface area contributed by atoms with Gasteiger partial charge in [0, 0.05) is 39.8 Å². The SMILES string of the molecule is C#C[C@]1(O)CCC2C3CC=C4C=C(OCC)CCC4C3C(O)(C[Si](C)(C)C)C[C@@]21CC.CCOC1=CC2=CCC3C(C2CC1)C(O)(C[Si](C)(C)C)C[C@@]1(CC)C3CC[C@@]1(O)C#C[Si](C)(C)C. The smallest absolute Gasteiger partial charge is 0.131 e. The Bertz CT molecular complexity index is 2050. The fourth-order valence-corrected chi connectivity index (χ4v) is 22.0. The molecule has 0 aromatic carbocycles. The molecule has 4 fully saturated rings. The van der Waals surface area contributed by atoms with Crippen LogP contribution in [0.4, 0.5) is 0 Å². The van der Waals surface area contributed by atoms with E-state index in [2.05, 4.69) is 121 Å². The molecule has 6 nitrogen and oxygen atoms in total. The van der Waals surface area contributed by atoms with E-state index in [-0.39, 0.29) is 22.7 Å². The summed E-state index contributed by atoms with van der Waals surface area (Å²) in [6.07, 6.45) is 27.9. The fraction of sp³-hybridized carbons (Fsp3) is 0.789. The number of hydrogen-bond acceptors (Lipinski definition) is 6. The minimum atomic E-state index is -1.62. The summed E-state index contributed by atoms with van der Waals surface area (Å²) in [6, 6.07) is 1.78. The number of fused-ring (bicyclic) bond motifs is 10. The second-order valence-corrected chi connectivity index (χ2v) is 42.0. The summed E-state index contributed by atoms with van der Waals surface area (Å²) in [6.45, 7) is 31.0. The van der Waals surface area contributed by atoms with Gasteiger partial charge >= 0.3 is 0 Å². The van der Waals surface area contributed by atoms with Crippen LogP contribution in [0.15, 0.2) is 47.0 Å². The van der Waals surface area contributed by atoms with Crippen molar-refractivity contribution in [1.82, 2.24) is 0 Å². The molecule has 66 heavy (non-hydrogen) atoms. The lowest BCUT2D eigenvalue weighted by Gasteiger charge is -2.62. The van der Waals surface area contributed by atoms with Crippen molar-refractivity contribution >= 4 is 24.2 Å². The predicted molar refractivity (Wildman–Crippen MR) is 280 cm³/mol. The quantitative estimate of drug-likeness (QED) is 0.129. The average molecular weight is 958 g/mol. The van der Waals surface area contributed by atoms with Crippen LogP contribution < -0.4 is 0 Å². The lowest BCUT2D eigenvalue weighted by atomic mass is 9.46. The molecule has 4 saturated carbocycles. The first kappa shape index (κ1) is 52.0. The van der Waals surface area contributed by atoms with Crippen LogP contribution in [0.25, 0.3) is 0 Å². The fourth-order valence-electron chi connectivity index (χ4n) is 17.0. The zero-order chi connectivity index (χ0) is 48.5. The van der Waals surface area contributed by atoms with Crippen LogP contribution in [-0.2, 0) is 9.47 Å². The van der Waals surface area contributed by atoms with Gasteiger partial charge in [0.1, 0.15) is 19.3 Å². The van der Waals surface area contributed by atoms with Gasteiger partial charge in [-0.25, -0.2) is 0 Å². The van der Waals surface area contributed by atoms with Gasteiger partial charge in [0.15, 0.2) is 0 Å². The first-order valence-electron chi connectivity index (χ1n) is 26.7. The Hall–Kier alpha value is -1.83. The molecule has 0 aromatic heterocycles. The van der Waals surface area contributed by atoms with Crippen LogP contribution in [0.2, 0.25) is 71.0 Å². The maximum absolute atomic E-state index is 12.8. The molecule has 4 N–H and O–H groups in total. The molecule has 9 heteroatoms. The van der Waals surface area contributed by atoms with Crippen molar-refractivity contribution in [3.8, 4) is 23.8 Å². The van der Waals surface area contributed by atoms with E-state index in [0.29, 0.717) is 68.0 Å². The Morgan fingerprint density at radius 3 is 1.39 bits per heavy atom. The van der Waals surface area contributed by atoms with Crippen LogP contribution in [0, 0.1) is 82.0 Å². The van der Waals surface area contributed by atoms with Gasteiger partial charge in [-0.2, -0.15) is 0 Å². The summed E-state index contributed by atoms with van der Waals surface area (Å²) < 4.78 is 11.8. The molecule has 14 atom stereocenters. The van der Waals surface area contributed by atoms with E-state index in [0.717, 1.165) is 94.2 Å². The maximum atomic E-state index is 12.8. The van der Waals surface area contributed by atoms with E-state index < -0.39 is 46.6 Å². The summed E-state index contributed by atoms with van der Waals surface area (Å²) in [7, 11) is -4.77. The number of hydrogen-bond donors (Lipinski definition) is 4. The standard InChI is InChI=1S/C30H50O3Si2.C27H42O3Si/c1-9-28-20-29(31,21-35(6,7)8)27-24-14-12-23(33-10-2)19-22(24)11-13-25(27)26(28)15-16-30(28,32)17-18-34(3,4)5;1-7-25-17-26(28,18-31(4,5)6)24-21-13-11-20(30-9-3)16-19(21)10-12-22(24)23(25)14-15-27(25,29)8-2/h11,19,24-27,31-32H,9-10,12-16,20-21H2,1-8H3;2,10,16,21-24,28-29H,7,9,11-15,17-18H2,1,3-6H3/t24?,25?,26?,27?,28-,29?,30+;21?,22?,23?,24?,25-,26?,27-/m00/s1. The van der Waals surface area contributed by atoms with Gasteiger partial charge in [-0.1, -0.05) is 96.8 Å². The second-order valence-electron chi connectivity index (χ2n) is 26.3. The summed E-state index contributed by atoms with van der Waals surface area (Å²) in [5.41, 5.74) is 2.03. The molecule has 8 aliphatic rings. The molecule has 8 aliphatic carbocycles. The third kappa shape index (κ3) is 9.30. The van der Waals surface area contributed by atoms with Gasteiger partial charge < -0.3 is 29.9 Å². The molecule has 0 aromatic rings. The van der Waals surface area contributed by atoms with Crippen LogP contribution >= 0.6 is 0 Å². The van der Waals surface area contributed by atoms with Gasteiger partial charge in [0.05, 0.1) is 35.9 Å². The van der Waals surface area contributed by atoms with Crippen molar-refractivity contribution < 1.29 is 29.9 Å². The molecule has 0 spiro atoms. The molecular weight excluding hydrogens is 865 g/mol. The zero-order valence-corrected chi connectivity index (χ0v) is 46.8. The highest BCUT2D eigenvalue weighted by molar-refractivity contribution is 6.83. The maximum Gasteiger partial charge on any atom is 0.131 e. The zero-order valence-electron chi connectivity index (χ0n) is 43.8. The number of terminal acetylenes is 1. The third-order valence-corrected chi connectivity index (χ3v) is 22.9. The van der Waals surface area contributed by atoms with Gasteiger partial charge in [0.2, 0.25) is 0 Å². The van der Waals surface area contributed by atoms with E-state index >= 15 is 0 Å². The minimum Gasteiger partial charge on any atom is -0.498 e. The molecule has 0 radical (unpaired) electrons. The van der Waals surface area contributed by atoms with Crippen LogP contribution in [0.1, 0.15) is 118 Å². The second kappa shape index (κ2) is 18.4. The van der Waals surface area contributed by atoms with E-state index in [4.69, 9.17) is 15.9 Å². The Balaban J connectivity index is 0.000000198. The van der Waals surface area contributed by atoms with E-state index in [1.54, 1.807) is 0 Å². The number of aliphatic hydroxyl groups is 4. The normalized spacial score (nSPS) is 42.5. The van der Waals surface area contributed by atoms with Crippen LogP contribution in [0.5, 0.6) is 0 Å². The van der Waals surface area contributed by atoms with Crippen molar-refractivity contribution in [2.45, 2.75) is 211 Å². The van der Waals surface area contributed by atoms with Crippen molar-refractivity contribution in [3.05, 3.63) is 47.0 Å². The van der Waals surface area contributed by atoms with Gasteiger partial charge in [-0.05, 0) is 174 Å². The van der Waals surface area contributed by atoms with E-state index in [9.17, 15) is 20.4 Å². The number of rotatable bonds is 10. The topological polar surface area (TPSA) is 99.4 Å². The molecule has 0 aliphatic heterocycles. The Labute approximate surface area is 405 Å². The lowest BCUT2D eigenvalue weighted by Crippen LogP contribution is -2.64. The predicted octanol–water partition coefficient (Wildman–Crippen LogP) is 12.3.